The van der Waals surface area contributed by atoms with Crippen LogP contribution in [-0.2, 0) is 15.5 Å². The second-order valence-corrected chi connectivity index (χ2v) is 4.11. The fourth-order valence-corrected chi connectivity index (χ4v) is 1.45. The highest BCUT2D eigenvalue weighted by Gasteiger charge is 1.99. The molecule has 0 rings (SSSR count). The molecule has 0 bridgehead atoms. The smallest absolute Gasteiger partial charge is 0.0499 e. The summed E-state index contributed by atoms with van der Waals surface area (Å²) in [4.78, 5) is 0. The van der Waals surface area contributed by atoms with Crippen molar-refractivity contribution < 1.29 is 8.95 Å². The van der Waals surface area contributed by atoms with Crippen LogP contribution in [0.25, 0.3) is 0 Å². The fourth-order valence-electron chi connectivity index (χ4n) is 0.648. The summed E-state index contributed by atoms with van der Waals surface area (Å²) in [5.74, 6) is 1.34. The summed E-state index contributed by atoms with van der Waals surface area (Å²) in [6.07, 6.45) is 0.822. The maximum absolute atomic E-state index is 11.0. The number of hydrogen-bond donors (Lipinski definition) is 0. The van der Waals surface area contributed by atoms with Gasteiger partial charge in [0.1, 0.15) is 0 Å². The van der Waals surface area contributed by atoms with Gasteiger partial charge in [-0.25, -0.2) is 0 Å². The SMILES string of the molecule is C=C(CCOC)CS(=O)CC. The van der Waals surface area contributed by atoms with Crippen molar-refractivity contribution in [2.24, 2.45) is 0 Å². The molecule has 0 spiro atoms. The highest BCUT2D eigenvalue weighted by molar-refractivity contribution is 7.85. The molecule has 0 aromatic rings. The van der Waals surface area contributed by atoms with E-state index in [9.17, 15) is 4.21 Å². The van der Waals surface area contributed by atoms with Gasteiger partial charge in [0.2, 0.25) is 0 Å². The first-order valence-corrected chi connectivity index (χ1v) is 5.20. The van der Waals surface area contributed by atoms with Gasteiger partial charge in [0.15, 0.2) is 0 Å². The zero-order chi connectivity index (χ0) is 8.69. The van der Waals surface area contributed by atoms with Gasteiger partial charge in [-0.2, -0.15) is 0 Å². The molecule has 0 N–H and O–H groups in total. The molecule has 1 unspecified atom stereocenters. The van der Waals surface area contributed by atoms with Crippen molar-refractivity contribution in [2.75, 3.05) is 25.2 Å². The first-order valence-electron chi connectivity index (χ1n) is 3.71. The number of rotatable bonds is 6. The highest BCUT2D eigenvalue weighted by atomic mass is 32.2. The third-order valence-electron chi connectivity index (χ3n) is 1.35. The predicted molar refractivity (Wildman–Crippen MR) is 49.2 cm³/mol. The van der Waals surface area contributed by atoms with E-state index in [4.69, 9.17) is 4.74 Å². The van der Waals surface area contributed by atoms with Crippen molar-refractivity contribution in [2.45, 2.75) is 13.3 Å². The van der Waals surface area contributed by atoms with E-state index in [1.165, 1.54) is 0 Å². The van der Waals surface area contributed by atoms with Crippen LogP contribution >= 0.6 is 0 Å². The lowest BCUT2D eigenvalue weighted by Gasteiger charge is -2.02. The molecule has 0 aliphatic rings. The van der Waals surface area contributed by atoms with Crippen molar-refractivity contribution in [3.63, 3.8) is 0 Å². The lowest BCUT2D eigenvalue weighted by atomic mass is 10.3. The molecule has 0 saturated carbocycles. The molecule has 2 nitrogen and oxygen atoms in total. The molecule has 3 heteroatoms. The van der Waals surface area contributed by atoms with Gasteiger partial charge in [-0.15, -0.1) is 0 Å². The van der Waals surface area contributed by atoms with Crippen LogP contribution in [0.3, 0.4) is 0 Å². The van der Waals surface area contributed by atoms with Crippen molar-refractivity contribution in [1.29, 1.82) is 0 Å². The molecule has 11 heavy (non-hydrogen) atoms. The van der Waals surface area contributed by atoms with Crippen LogP contribution in [0, 0.1) is 0 Å². The summed E-state index contributed by atoms with van der Waals surface area (Å²) < 4.78 is 15.9. The Morgan fingerprint density at radius 2 is 2.27 bits per heavy atom. The van der Waals surface area contributed by atoms with E-state index in [-0.39, 0.29) is 0 Å². The zero-order valence-corrected chi connectivity index (χ0v) is 8.08. The van der Waals surface area contributed by atoms with Gasteiger partial charge in [-0.1, -0.05) is 19.1 Å². The lowest BCUT2D eigenvalue weighted by molar-refractivity contribution is 0.202. The normalized spacial score (nSPS) is 12.9. The molecule has 0 heterocycles. The van der Waals surface area contributed by atoms with Gasteiger partial charge < -0.3 is 4.74 Å². The molecule has 0 radical (unpaired) electrons. The van der Waals surface area contributed by atoms with Crippen molar-refractivity contribution in [3.8, 4) is 0 Å². The Hall–Kier alpha value is -0.150. The highest BCUT2D eigenvalue weighted by Crippen LogP contribution is 2.00. The minimum atomic E-state index is -0.716. The van der Waals surface area contributed by atoms with E-state index in [1.54, 1.807) is 7.11 Å². The maximum atomic E-state index is 11.0. The largest absolute Gasteiger partial charge is 0.384 e. The molecule has 1 atom stereocenters. The van der Waals surface area contributed by atoms with Crippen molar-refractivity contribution in [1.82, 2.24) is 0 Å². The van der Waals surface area contributed by atoms with Gasteiger partial charge in [-0.3, -0.25) is 4.21 Å². The second-order valence-electron chi connectivity index (χ2n) is 2.37. The molecule has 66 valence electrons. The van der Waals surface area contributed by atoms with Crippen LogP contribution in [-0.4, -0.2) is 29.4 Å². The van der Waals surface area contributed by atoms with Crippen molar-refractivity contribution in [3.05, 3.63) is 12.2 Å². The van der Waals surface area contributed by atoms with Gasteiger partial charge in [0, 0.05) is 36.0 Å². The van der Waals surface area contributed by atoms with Crippen LogP contribution in [0.15, 0.2) is 12.2 Å². The zero-order valence-electron chi connectivity index (χ0n) is 7.26. The summed E-state index contributed by atoms with van der Waals surface area (Å²) >= 11 is 0. The minimum absolute atomic E-state index is 0.625. The molecule has 0 fully saturated rings. The third-order valence-corrected chi connectivity index (χ3v) is 2.72. The van der Waals surface area contributed by atoms with Crippen LogP contribution in [0.5, 0.6) is 0 Å². The molecule has 0 aromatic heterocycles. The number of hydrogen-bond acceptors (Lipinski definition) is 2. The predicted octanol–water partition coefficient (Wildman–Crippen LogP) is 1.35. The van der Waals surface area contributed by atoms with Gasteiger partial charge >= 0.3 is 0 Å². The van der Waals surface area contributed by atoms with Crippen molar-refractivity contribution >= 4 is 10.8 Å². The molecule has 0 aromatic carbocycles. The van der Waals surface area contributed by atoms with E-state index in [0.717, 1.165) is 12.0 Å². The lowest BCUT2D eigenvalue weighted by Crippen LogP contribution is -2.03. The minimum Gasteiger partial charge on any atom is -0.384 e. The topological polar surface area (TPSA) is 26.3 Å². The Bertz CT molecular complexity index is 143. The van der Waals surface area contributed by atoms with E-state index in [2.05, 4.69) is 6.58 Å². The molecular formula is C8H16O2S. The monoisotopic (exact) mass is 176 g/mol. The van der Waals surface area contributed by atoms with E-state index >= 15 is 0 Å². The molecule has 0 aliphatic carbocycles. The van der Waals surface area contributed by atoms with Crippen LogP contribution in [0.2, 0.25) is 0 Å². The summed E-state index contributed by atoms with van der Waals surface area (Å²) in [6, 6.07) is 0. The number of ether oxygens (including phenoxy) is 1. The van der Waals surface area contributed by atoms with E-state index < -0.39 is 10.8 Å². The van der Waals surface area contributed by atoms with Gasteiger partial charge in [0.05, 0.1) is 0 Å². The van der Waals surface area contributed by atoms with E-state index in [1.807, 2.05) is 6.92 Å². The quantitative estimate of drug-likeness (QED) is 0.571. The Labute approximate surface area is 71.1 Å². The van der Waals surface area contributed by atoms with Gasteiger partial charge in [0.25, 0.3) is 0 Å². The second kappa shape index (κ2) is 6.55. The summed E-state index contributed by atoms with van der Waals surface area (Å²) in [5, 5.41) is 0. The molecule has 0 saturated heterocycles. The molecule has 0 aliphatic heterocycles. The molecule has 0 amide bonds. The van der Waals surface area contributed by atoms with Crippen LogP contribution in [0.4, 0.5) is 0 Å². The number of methoxy groups -OCH3 is 1. The summed E-state index contributed by atoms with van der Waals surface area (Å²) in [5.41, 5.74) is 1.02. The Kier molecular flexibility index (Phi) is 6.46. The third kappa shape index (κ3) is 6.26. The van der Waals surface area contributed by atoms with Gasteiger partial charge in [-0.05, 0) is 6.42 Å². The fraction of sp³-hybridized carbons (Fsp3) is 0.750. The van der Waals surface area contributed by atoms with E-state index in [0.29, 0.717) is 18.1 Å². The average Bonchev–Trinajstić information content (AvgIpc) is 2.00. The standard InChI is InChI=1S/C8H16O2S/c1-4-11(9)7-8(2)5-6-10-3/h2,4-7H2,1,3H3. The molecular weight excluding hydrogens is 160 g/mol. The van der Waals surface area contributed by atoms with Crippen LogP contribution in [0.1, 0.15) is 13.3 Å². The summed E-state index contributed by atoms with van der Waals surface area (Å²) in [7, 11) is 0.941. The Morgan fingerprint density at radius 1 is 1.64 bits per heavy atom. The van der Waals surface area contributed by atoms with Crippen LogP contribution < -0.4 is 0 Å². The first kappa shape index (κ1) is 10.8. The first-order chi connectivity index (χ1) is 5.20. The Morgan fingerprint density at radius 3 is 2.73 bits per heavy atom. The maximum Gasteiger partial charge on any atom is 0.0499 e. The average molecular weight is 176 g/mol. The Balaban J connectivity index is 3.44. The summed E-state index contributed by atoms with van der Waals surface area (Å²) in [6.45, 7) is 6.40.